The molecule has 0 saturated carbocycles. The van der Waals surface area contributed by atoms with Crippen LogP contribution in [0.3, 0.4) is 0 Å². The van der Waals surface area contributed by atoms with E-state index in [0.717, 1.165) is 46.8 Å². The number of pyridine rings is 1. The first-order valence-corrected chi connectivity index (χ1v) is 11.4. The number of aromatic nitrogens is 1. The first kappa shape index (κ1) is 21.2. The van der Waals surface area contributed by atoms with Gasteiger partial charge in [-0.1, -0.05) is 12.1 Å². The number of hydrogen-bond donors (Lipinski definition) is 1. The molecule has 1 aromatic heterocycles. The number of ether oxygens (including phenoxy) is 1. The van der Waals surface area contributed by atoms with E-state index in [4.69, 9.17) is 4.74 Å². The van der Waals surface area contributed by atoms with Crippen molar-refractivity contribution in [3.05, 3.63) is 65.4 Å². The molecule has 4 rings (SSSR count). The van der Waals surface area contributed by atoms with Crippen molar-refractivity contribution < 1.29 is 14.3 Å². The molecule has 1 fully saturated rings. The molecule has 0 radical (unpaired) electrons. The summed E-state index contributed by atoms with van der Waals surface area (Å²) in [7, 11) is 1.61. The van der Waals surface area contributed by atoms with Crippen molar-refractivity contribution >= 4 is 40.2 Å². The summed E-state index contributed by atoms with van der Waals surface area (Å²) in [5, 5.41) is 3.80. The van der Waals surface area contributed by atoms with Crippen LogP contribution >= 0.6 is 11.8 Å². The van der Waals surface area contributed by atoms with Crippen LogP contribution in [0, 0.1) is 6.92 Å². The minimum absolute atomic E-state index is 0.159. The molecule has 0 spiro atoms. The third kappa shape index (κ3) is 4.99. The number of amides is 2. The van der Waals surface area contributed by atoms with Gasteiger partial charge in [-0.2, -0.15) is 11.8 Å². The quantitative estimate of drug-likeness (QED) is 0.658. The Kier molecular flexibility index (Phi) is 6.42. The number of anilines is 1. The fourth-order valence-corrected chi connectivity index (χ4v) is 4.51. The van der Waals surface area contributed by atoms with Crippen LogP contribution in [-0.4, -0.2) is 53.4 Å². The zero-order valence-corrected chi connectivity index (χ0v) is 18.5. The summed E-state index contributed by atoms with van der Waals surface area (Å²) in [6.07, 6.45) is 0.385. The number of rotatable bonds is 5. The van der Waals surface area contributed by atoms with Gasteiger partial charge in [0.05, 0.1) is 30.3 Å². The molecule has 3 aromatic rings. The van der Waals surface area contributed by atoms with Crippen molar-refractivity contribution in [1.82, 2.24) is 9.88 Å². The highest BCUT2D eigenvalue weighted by Gasteiger charge is 2.17. The van der Waals surface area contributed by atoms with Crippen molar-refractivity contribution in [2.75, 3.05) is 37.0 Å². The minimum Gasteiger partial charge on any atom is -0.497 e. The van der Waals surface area contributed by atoms with Crippen LogP contribution in [0.4, 0.5) is 5.69 Å². The predicted octanol–water partition coefficient (Wildman–Crippen LogP) is 3.92. The lowest BCUT2D eigenvalue weighted by Gasteiger charge is -2.26. The summed E-state index contributed by atoms with van der Waals surface area (Å²) in [5.74, 6) is 2.69. The van der Waals surface area contributed by atoms with Crippen LogP contribution in [-0.2, 0) is 11.2 Å². The standard InChI is InChI=1S/C24H25N3O3S/c1-16-21(14-18-5-8-20(30-2)15-22(18)25-16)24(29)26-19-6-3-17(4-7-19)13-23(28)27-9-11-31-12-10-27/h3-8,14-15H,9-13H2,1-2H3,(H,26,29). The van der Waals surface area contributed by atoms with Gasteiger partial charge in [0.2, 0.25) is 5.91 Å². The molecule has 0 atom stereocenters. The van der Waals surface area contributed by atoms with E-state index in [-0.39, 0.29) is 11.8 Å². The van der Waals surface area contributed by atoms with Crippen LogP contribution < -0.4 is 10.1 Å². The average molecular weight is 436 g/mol. The average Bonchev–Trinajstić information content (AvgIpc) is 2.80. The number of hydrogen-bond acceptors (Lipinski definition) is 5. The van der Waals surface area contributed by atoms with E-state index in [1.54, 1.807) is 7.11 Å². The van der Waals surface area contributed by atoms with E-state index in [1.807, 2.05) is 72.1 Å². The van der Waals surface area contributed by atoms with Gasteiger partial charge in [0.25, 0.3) is 5.91 Å². The zero-order valence-electron chi connectivity index (χ0n) is 17.7. The van der Waals surface area contributed by atoms with E-state index in [2.05, 4.69) is 10.3 Å². The molecule has 1 N–H and O–H groups in total. The van der Waals surface area contributed by atoms with Crippen molar-refractivity contribution in [1.29, 1.82) is 0 Å². The molecule has 1 saturated heterocycles. The fourth-order valence-electron chi connectivity index (χ4n) is 3.60. The third-order valence-electron chi connectivity index (χ3n) is 5.39. The smallest absolute Gasteiger partial charge is 0.257 e. The molecule has 31 heavy (non-hydrogen) atoms. The molecule has 0 unspecified atom stereocenters. The summed E-state index contributed by atoms with van der Waals surface area (Å²) in [5.41, 5.74) is 3.60. The first-order valence-electron chi connectivity index (χ1n) is 10.2. The molecule has 2 aromatic carbocycles. The van der Waals surface area contributed by atoms with Gasteiger partial charge >= 0.3 is 0 Å². The second-order valence-electron chi connectivity index (χ2n) is 7.50. The molecule has 7 heteroatoms. The van der Waals surface area contributed by atoms with Crippen LogP contribution in [0.25, 0.3) is 10.9 Å². The van der Waals surface area contributed by atoms with Crippen molar-refractivity contribution in [2.45, 2.75) is 13.3 Å². The second kappa shape index (κ2) is 9.39. The monoisotopic (exact) mass is 435 g/mol. The zero-order chi connectivity index (χ0) is 21.8. The number of benzene rings is 2. The van der Waals surface area contributed by atoms with E-state index in [9.17, 15) is 9.59 Å². The van der Waals surface area contributed by atoms with Crippen LogP contribution in [0.2, 0.25) is 0 Å². The highest BCUT2D eigenvalue weighted by Crippen LogP contribution is 2.22. The molecular formula is C24H25N3O3S. The van der Waals surface area contributed by atoms with Crippen molar-refractivity contribution in [2.24, 2.45) is 0 Å². The van der Waals surface area contributed by atoms with Gasteiger partial charge in [0, 0.05) is 41.7 Å². The van der Waals surface area contributed by atoms with Gasteiger partial charge in [-0.3, -0.25) is 14.6 Å². The maximum Gasteiger partial charge on any atom is 0.257 e. The van der Waals surface area contributed by atoms with Gasteiger partial charge in [-0.25, -0.2) is 0 Å². The van der Waals surface area contributed by atoms with Gasteiger partial charge in [0.1, 0.15) is 5.75 Å². The highest BCUT2D eigenvalue weighted by molar-refractivity contribution is 7.99. The number of nitrogens with one attached hydrogen (secondary N) is 1. The van der Waals surface area contributed by atoms with E-state index in [0.29, 0.717) is 23.4 Å². The maximum atomic E-state index is 12.8. The van der Waals surface area contributed by atoms with Crippen molar-refractivity contribution in [3.63, 3.8) is 0 Å². The van der Waals surface area contributed by atoms with Gasteiger partial charge in [-0.15, -0.1) is 0 Å². The van der Waals surface area contributed by atoms with Gasteiger partial charge < -0.3 is 15.0 Å². The number of aryl methyl sites for hydroxylation is 1. The topological polar surface area (TPSA) is 71.5 Å². The van der Waals surface area contributed by atoms with Crippen molar-refractivity contribution in [3.8, 4) is 5.75 Å². The van der Waals surface area contributed by atoms with Crippen LogP contribution in [0.1, 0.15) is 21.6 Å². The van der Waals surface area contributed by atoms with Gasteiger partial charge in [-0.05, 0) is 42.8 Å². The highest BCUT2D eigenvalue weighted by atomic mass is 32.2. The summed E-state index contributed by atoms with van der Waals surface area (Å²) >= 11 is 1.89. The Bertz CT molecular complexity index is 1110. The molecule has 0 bridgehead atoms. The van der Waals surface area contributed by atoms with E-state index >= 15 is 0 Å². The number of nitrogens with zero attached hydrogens (tertiary/aromatic N) is 2. The number of thioether (sulfide) groups is 1. The maximum absolute atomic E-state index is 12.8. The van der Waals surface area contributed by atoms with Crippen LogP contribution in [0.15, 0.2) is 48.5 Å². The minimum atomic E-state index is -0.211. The number of carbonyl (C=O) groups excluding carboxylic acids is 2. The number of methoxy groups -OCH3 is 1. The number of fused-ring (bicyclic) bond motifs is 1. The Morgan fingerprint density at radius 1 is 1.10 bits per heavy atom. The largest absolute Gasteiger partial charge is 0.497 e. The Balaban J connectivity index is 1.43. The molecule has 0 aliphatic carbocycles. The SMILES string of the molecule is COc1ccc2cc(C(=O)Nc3ccc(CC(=O)N4CCSCC4)cc3)c(C)nc2c1. The molecule has 6 nitrogen and oxygen atoms in total. The predicted molar refractivity (Wildman–Crippen MR) is 125 cm³/mol. The fraction of sp³-hybridized carbons (Fsp3) is 0.292. The summed E-state index contributed by atoms with van der Waals surface area (Å²) in [6, 6.07) is 14.9. The molecular weight excluding hydrogens is 410 g/mol. The normalized spacial score (nSPS) is 13.8. The van der Waals surface area contributed by atoms with E-state index in [1.165, 1.54) is 0 Å². The lowest BCUT2D eigenvalue weighted by Crippen LogP contribution is -2.38. The Hall–Kier alpha value is -3.06. The Morgan fingerprint density at radius 3 is 2.55 bits per heavy atom. The lowest BCUT2D eigenvalue weighted by molar-refractivity contribution is -0.130. The molecule has 1 aliphatic heterocycles. The summed E-state index contributed by atoms with van der Waals surface area (Å²) in [4.78, 5) is 31.7. The Morgan fingerprint density at radius 2 is 1.84 bits per heavy atom. The lowest BCUT2D eigenvalue weighted by atomic mass is 10.1. The van der Waals surface area contributed by atoms with Gasteiger partial charge in [0.15, 0.2) is 0 Å². The van der Waals surface area contributed by atoms with E-state index < -0.39 is 0 Å². The summed E-state index contributed by atoms with van der Waals surface area (Å²) in [6.45, 7) is 3.47. The molecule has 160 valence electrons. The number of carbonyl (C=O) groups is 2. The van der Waals surface area contributed by atoms with Crippen LogP contribution in [0.5, 0.6) is 5.75 Å². The molecule has 1 aliphatic rings. The molecule has 2 amide bonds. The summed E-state index contributed by atoms with van der Waals surface area (Å²) < 4.78 is 5.24. The first-order chi connectivity index (χ1) is 15.0. The molecule has 2 heterocycles. The third-order valence-corrected chi connectivity index (χ3v) is 6.33. The second-order valence-corrected chi connectivity index (χ2v) is 8.73. The Labute approximate surface area is 186 Å².